The van der Waals surface area contributed by atoms with Crippen molar-refractivity contribution in [3.05, 3.63) is 50.6 Å². The number of carbonyl (C=O) groups excluding carboxylic acids is 2. The molecule has 1 aliphatic carbocycles. The van der Waals surface area contributed by atoms with Gasteiger partial charge in [-0.2, -0.15) is 4.68 Å². The highest BCUT2D eigenvalue weighted by molar-refractivity contribution is 7.18. The van der Waals surface area contributed by atoms with Gasteiger partial charge in [0.1, 0.15) is 6.04 Å². The number of aryl methyl sites for hydroxylation is 1. The normalized spacial score (nSPS) is 16.8. The molecule has 7 nitrogen and oxygen atoms in total. The first kappa shape index (κ1) is 20.4. The maximum absolute atomic E-state index is 13.3. The van der Waals surface area contributed by atoms with Crippen molar-refractivity contribution in [2.45, 2.75) is 52.5 Å². The van der Waals surface area contributed by atoms with Crippen molar-refractivity contribution in [1.29, 1.82) is 0 Å². The summed E-state index contributed by atoms with van der Waals surface area (Å²) in [5.41, 5.74) is 1.84. The second-order valence-corrected chi connectivity index (χ2v) is 9.00. The standard InChI is InChI=1S/C22H24N4O3S/c1-4-17(20(28)23-15-7-5-6-14(11-15)13(3)27)26-22(29)19-16-9-8-12(2)10-18(16)30-21(19)24-25-26/h5-7,11-12,17H,4,8-10H2,1-3H3,(H,23,28). The average Bonchev–Trinajstić information content (AvgIpc) is 3.08. The van der Waals surface area contributed by atoms with E-state index in [0.29, 0.717) is 33.8 Å². The Kier molecular flexibility index (Phi) is 5.51. The first-order valence-electron chi connectivity index (χ1n) is 10.2. The van der Waals surface area contributed by atoms with Crippen LogP contribution in [0.1, 0.15) is 60.5 Å². The van der Waals surface area contributed by atoms with Crippen LogP contribution in [-0.2, 0) is 17.6 Å². The van der Waals surface area contributed by atoms with Gasteiger partial charge in [0.2, 0.25) is 5.91 Å². The van der Waals surface area contributed by atoms with Gasteiger partial charge < -0.3 is 5.32 Å². The minimum atomic E-state index is -0.784. The Balaban J connectivity index is 1.68. The van der Waals surface area contributed by atoms with E-state index in [9.17, 15) is 14.4 Å². The van der Waals surface area contributed by atoms with Crippen LogP contribution in [0.5, 0.6) is 0 Å². The zero-order chi connectivity index (χ0) is 21.4. The number of rotatable bonds is 5. The number of hydrogen-bond acceptors (Lipinski definition) is 6. The zero-order valence-electron chi connectivity index (χ0n) is 17.3. The van der Waals surface area contributed by atoms with Crippen LogP contribution in [0.3, 0.4) is 0 Å². The minimum Gasteiger partial charge on any atom is -0.324 e. The molecule has 0 fully saturated rings. The third-order valence-corrected chi connectivity index (χ3v) is 6.81. The average molecular weight is 425 g/mol. The highest BCUT2D eigenvalue weighted by Crippen LogP contribution is 2.35. The summed E-state index contributed by atoms with van der Waals surface area (Å²) in [6, 6.07) is 5.96. The quantitative estimate of drug-likeness (QED) is 0.629. The Bertz CT molecular complexity index is 1200. The van der Waals surface area contributed by atoms with Crippen molar-refractivity contribution in [2.75, 3.05) is 5.32 Å². The number of carbonyl (C=O) groups is 2. The van der Waals surface area contributed by atoms with Gasteiger partial charge in [-0.3, -0.25) is 14.4 Å². The van der Waals surface area contributed by atoms with E-state index in [2.05, 4.69) is 22.6 Å². The fourth-order valence-electron chi connectivity index (χ4n) is 3.99. The molecule has 3 aromatic rings. The van der Waals surface area contributed by atoms with Crippen LogP contribution in [0.2, 0.25) is 0 Å². The lowest BCUT2D eigenvalue weighted by atomic mass is 9.89. The number of amides is 1. The third-order valence-electron chi connectivity index (χ3n) is 5.67. The number of thiophene rings is 1. The maximum Gasteiger partial charge on any atom is 0.279 e. The maximum atomic E-state index is 13.3. The first-order valence-corrected chi connectivity index (χ1v) is 11.0. The minimum absolute atomic E-state index is 0.0813. The number of ketones is 1. The monoisotopic (exact) mass is 424 g/mol. The Hall–Kier alpha value is -2.87. The van der Waals surface area contributed by atoms with Gasteiger partial charge in [-0.05, 0) is 56.2 Å². The molecule has 1 amide bonds. The number of fused-ring (bicyclic) bond motifs is 3. The van der Waals surface area contributed by atoms with Gasteiger partial charge in [0.15, 0.2) is 10.6 Å². The van der Waals surface area contributed by atoms with Crippen LogP contribution in [0.25, 0.3) is 10.2 Å². The third kappa shape index (κ3) is 3.67. The lowest BCUT2D eigenvalue weighted by molar-refractivity contribution is -0.119. The Morgan fingerprint density at radius 2 is 2.17 bits per heavy atom. The summed E-state index contributed by atoms with van der Waals surface area (Å²) in [4.78, 5) is 39.7. The van der Waals surface area contributed by atoms with E-state index in [1.165, 1.54) is 16.5 Å². The molecule has 156 valence electrons. The predicted molar refractivity (Wildman–Crippen MR) is 117 cm³/mol. The van der Waals surface area contributed by atoms with Crippen LogP contribution in [0.4, 0.5) is 5.69 Å². The van der Waals surface area contributed by atoms with Gasteiger partial charge in [-0.15, -0.1) is 16.4 Å². The molecule has 2 atom stereocenters. The van der Waals surface area contributed by atoms with Crippen LogP contribution in [0, 0.1) is 5.92 Å². The van der Waals surface area contributed by atoms with Gasteiger partial charge in [-0.1, -0.05) is 31.2 Å². The SMILES string of the molecule is CCC(C(=O)Nc1cccc(C(C)=O)c1)n1nnc2sc3c(c2c1=O)CCC(C)C3. The molecular formula is C22H24N4O3S. The number of hydrogen-bond donors (Lipinski definition) is 1. The van der Waals surface area contributed by atoms with Crippen molar-refractivity contribution in [3.8, 4) is 0 Å². The molecule has 0 bridgehead atoms. The number of benzene rings is 1. The summed E-state index contributed by atoms with van der Waals surface area (Å²) < 4.78 is 1.21. The van der Waals surface area contributed by atoms with E-state index in [1.54, 1.807) is 35.6 Å². The zero-order valence-corrected chi connectivity index (χ0v) is 18.1. The molecule has 0 radical (unpaired) electrons. The van der Waals surface area contributed by atoms with Crippen LogP contribution in [0.15, 0.2) is 29.1 Å². The highest BCUT2D eigenvalue weighted by atomic mass is 32.1. The van der Waals surface area contributed by atoms with E-state index in [-0.39, 0.29) is 17.2 Å². The predicted octanol–water partition coefficient (Wildman–Crippen LogP) is 3.77. The number of anilines is 1. The van der Waals surface area contributed by atoms with Gasteiger partial charge in [0.25, 0.3) is 5.56 Å². The summed E-state index contributed by atoms with van der Waals surface area (Å²) in [6.07, 6.45) is 3.25. The molecule has 2 aromatic heterocycles. The lowest BCUT2D eigenvalue weighted by Gasteiger charge is -2.18. The highest BCUT2D eigenvalue weighted by Gasteiger charge is 2.27. The van der Waals surface area contributed by atoms with Crippen molar-refractivity contribution < 1.29 is 9.59 Å². The van der Waals surface area contributed by atoms with E-state index in [0.717, 1.165) is 24.8 Å². The topological polar surface area (TPSA) is 93.9 Å². The van der Waals surface area contributed by atoms with Crippen LogP contribution in [-0.4, -0.2) is 26.7 Å². The van der Waals surface area contributed by atoms with E-state index >= 15 is 0 Å². The largest absolute Gasteiger partial charge is 0.324 e. The summed E-state index contributed by atoms with van der Waals surface area (Å²) >= 11 is 1.54. The molecule has 8 heteroatoms. The molecular weight excluding hydrogens is 400 g/mol. The summed E-state index contributed by atoms with van der Waals surface area (Å²) in [5.74, 6) is 0.162. The molecule has 0 spiro atoms. The number of Topliss-reactive ketones (excluding diaryl/α,β-unsaturated/α-hetero) is 1. The Morgan fingerprint density at radius 3 is 2.90 bits per heavy atom. The number of nitrogens with one attached hydrogen (secondary N) is 1. The number of aromatic nitrogens is 3. The fourth-order valence-corrected chi connectivity index (χ4v) is 5.30. The van der Waals surface area contributed by atoms with Gasteiger partial charge in [0, 0.05) is 16.1 Å². The molecule has 1 N–H and O–H groups in total. The second-order valence-electron chi connectivity index (χ2n) is 7.92. The molecule has 30 heavy (non-hydrogen) atoms. The molecule has 4 rings (SSSR count). The molecule has 0 saturated heterocycles. The summed E-state index contributed by atoms with van der Waals surface area (Å²) in [5, 5.41) is 11.8. The van der Waals surface area contributed by atoms with E-state index in [4.69, 9.17) is 0 Å². The van der Waals surface area contributed by atoms with Crippen molar-refractivity contribution >= 4 is 38.9 Å². The molecule has 1 aromatic carbocycles. The molecule has 0 saturated carbocycles. The van der Waals surface area contributed by atoms with Crippen molar-refractivity contribution in [3.63, 3.8) is 0 Å². The second kappa shape index (κ2) is 8.10. The van der Waals surface area contributed by atoms with Crippen molar-refractivity contribution in [1.82, 2.24) is 15.0 Å². The van der Waals surface area contributed by atoms with Crippen LogP contribution < -0.4 is 10.9 Å². The molecule has 1 aliphatic rings. The lowest BCUT2D eigenvalue weighted by Crippen LogP contribution is -2.35. The van der Waals surface area contributed by atoms with Gasteiger partial charge in [0.05, 0.1) is 5.39 Å². The van der Waals surface area contributed by atoms with E-state index in [1.807, 2.05) is 6.92 Å². The van der Waals surface area contributed by atoms with Gasteiger partial charge in [-0.25, -0.2) is 0 Å². The summed E-state index contributed by atoms with van der Waals surface area (Å²) in [7, 11) is 0. The molecule has 2 heterocycles. The Morgan fingerprint density at radius 1 is 1.37 bits per heavy atom. The van der Waals surface area contributed by atoms with Crippen molar-refractivity contribution in [2.24, 2.45) is 5.92 Å². The van der Waals surface area contributed by atoms with E-state index < -0.39 is 6.04 Å². The first-order chi connectivity index (χ1) is 14.4. The summed E-state index contributed by atoms with van der Waals surface area (Å²) in [6.45, 7) is 5.53. The van der Waals surface area contributed by atoms with Crippen LogP contribution >= 0.6 is 11.3 Å². The molecule has 2 unspecified atom stereocenters. The molecule has 0 aliphatic heterocycles. The van der Waals surface area contributed by atoms with Gasteiger partial charge >= 0.3 is 0 Å². The smallest absolute Gasteiger partial charge is 0.279 e. The Labute approximate surface area is 178 Å². The fraction of sp³-hybridized carbons (Fsp3) is 0.409. The number of nitrogens with zero attached hydrogens (tertiary/aromatic N) is 3.